The Morgan fingerprint density at radius 1 is 1.09 bits per heavy atom. The van der Waals surface area contributed by atoms with Gasteiger partial charge in [-0.2, -0.15) is 0 Å². The van der Waals surface area contributed by atoms with Crippen molar-refractivity contribution in [3.63, 3.8) is 0 Å². The van der Waals surface area contributed by atoms with E-state index in [0.717, 1.165) is 43.6 Å². The van der Waals surface area contributed by atoms with E-state index in [4.69, 9.17) is 21.3 Å². The topological polar surface area (TPSA) is 42.4 Å². The zero-order chi connectivity index (χ0) is 22.3. The van der Waals surface area contributed by atoms with E-state index in [2.05, 4.69) is 0 Å². The molecule has 3 aromatic carbocycles. The van der Waals surface area contributed by atoms with E-state index in [0.29, 0.717) is 18.1 Å². The predicted molar refractivity (Wildman–Crippen MR) is 135 cm³/mol. The number of thiazole rings is 1. The van der Waals surface area contributed by atoms with Gasteiger partial charge in [-0.15, -0.1) is 11.8 Å². The number of carbonyl (C=O) groups is 1. The van der Waals surface area contributed by atoms with Crippen LogP contribution in [0.15, 0.2) is 77.7 Å². The highest BCUT2D eigenvalue weighted by atomic mass is 35.5. The largest absolute Gasteiger partial charge is 0.497 e. The summed E-state index contributed by atoms with van der Waals surface area (Å²) in [6.07, 6.45) is 1.25. The number of halogens is 1. The van der Waals surface area contributed by atoms with Crippen molar-refractivity contribution in [1.29, 1.82) is 0 Å². The van der Waals surface area contributed by atoms with Gasteiger partial charge in [0.25, 0.3) is 0 Å². The Morgan fingerprint density at radius 2 is 1.88 bits per heavy atom. The number of anilines is 1. The number of methoxy groups -OCH3 is 1. The maximum absolute atomic E-state index is 13.2. The third kappa shape index (κ3) is 5.82. The van der Waals surface area contributed by atoms with Crippen LogP contribution in [0.2, 0.25) is 5.02 Å². The van der Waals surface area contributed by atoms with Crippen LogP contribution in [-0.4, -0.2) is 23.8 Å². The first-order valence-corrected chi connectivity index (χ1v) is 12.5. The van der Waals surface area contributed by atoms with Crippen LogP contribution in [0.5, 0.6) is 5.75 Å². The number of amides is 1. The molecule has 4 aromatic rings. The number of carbonyl (C=O) groups excluding carboxylic acids is 1. The summed E-state index contributed by atoms with van der Waals surface area (Å²) in [4.78, 5) is 20.9. The third-order valence-electron chi connectivity index (χ3n) is 4.92. The molecule has 4 rings (SSSR count). The molecule has 32 heavy (non-hydrogen) atoms. The summed E-state index contributed by atoms with van der Waals surface area (Å²) in [6, 6.07) is 23.6. The van der Waals surface area contributed by atoms with Gasteiger partial charge in [-0.05, 0) is 60.2 Å². The zero-order valence-corrected chi connectivity index (χ0v) is 20.1. The van der Waals surface area contributed by atoms with Crippen LogP contribution in [0.1, 0.15) is 18.4 Å². The second-order valence-corrected chi connectivity index (χ2v) is 9.82. The number of fused-ring (bicyclic) bond motifs is 1. The molecule has 1 heterocycles. The molecule has 7 heteroatoms. The average Bonchev–Trinajstić information content (AvgIpc) is 3.25. The quantitative estimate of drug-likeness (QED) is 0.189. The van der Waals surface area contributed by atoms with Crippen molar-refractivity contribution in [1.82, 2.24) is 4.98 Å². The minimum atomic E-state index is 0.0802. The first kappa shape index (κ1) is 22.6. The Labute approximate surface area is 201 Å². The molecule has 0 spiro atoms. The lowest BCUT2D eigenvalue weighted by Crippen LogP contribution is -2.30. The van der Waals surface area contributed by atoms with Gasteiger partial charge in [0, 0.05) is 16.3 Å². The summed E-state index contributed by atoms with van der Waals surface area (Å²) in [6.45, 7) is 0.501. The predicted octanol–water partition coefficient (Wildman–Crippen LogP) is 7.06. The lowest BCUT2D eigenvalue weighted by Gasteiger charge is -2.20. The van der Waals surface area contributed by atoms with Crippen molar-refractivity contribution in [2.45, 2.75) is 24.3 Å². The van der Waals surface area contributed by atoms with Gasteiger partial charge in [0.1, 0.15) is 5.75 Å². The molecule has 4 nitrogen and oxygen atoms in total. The van der Waals surface area contributed by atoms with Crippen molar-refractivity contribution >= 4 is 56.0 Å². The summed E-state index contributed by atoms with van der Waals surface area (Å²) in [5, 5.41) is 1.45. The fourth-order valence-corrected chi connectivity index (χ4v) is 5.23. The van der Waals surface area contributed by atoms with Crippen molar-refractivity contribution in [3.05, 3.63) is 83.4 Å². The smallest absolute Gasteiger partial charge is 0.229 e. The van der Waals surface area contributed by atoms with Crippen LogP contribution < -0.4 is 9.64 Å². The summed E-state index contributed by atoms with van der Waals surface area (Å²) >= 11 is 9.20. The van der Waals surface area contributed by atoms with Crippen molar-refractivity contribution in [2.24, 2.45) is 0 Å². The van der Waals surface area contributed by atoms with Crippen molar-refractivity contribution in [2.75, 3.05) is 17.8 Å². The van der Waals surface area contributed by atoms with Crippen LogP contribution in [-0.2, 0) is 11.3 Å². The Morgan fingerprint density at radius 3 is 2.62 bits per heavy atom. The minimum absolute atomic E-state index is 0.0802. The molecule has 0 unspecified atom stereocenters. The molecule has 0 atom stereocenters. The number of thioether (sulfide) groups is 1. The lowest BCUT2D eigenvalue weighted by atomic mass is 10.2. The van der Waals surface area contributed by atoms with E-state index < -0.39 is 0 Å². The number of hydrogen-bond donors (Lipinski definition) is 0. The fraction of sp³-hybridized carbons (Fsp3) is 0.200. The molecule has 0 saturated carbocycles. The monoisotopic (exact) mass is 482 g/mol. The van der Waals surface area contributed by atoms with Crippen LogP contribution in [0.4, 0.5) is 5.13 Å². The number of hydrogen-bond acceptors (Lipinski definition) is 5. The van der Waals surface area contributed by atoms with Gasteiger partial charge in [-0.1, -0.05) is 53.3 Å². The number of aromatic nitrogens is 1. The second-order valence-electron chi connectivity index (χ2n) is 7.20. The average molecular weight is 483 g/mol. The van der Waals surface area contributed by atoms with E-state index >= 15 is 0 Å². The summed E-state index contributed by atoms with van der Waals surface area (Å²) < 4.78 is 6.34. The van der Waals surface area contributed by atoms with E-state index in [1.807, 2.05) is 72.8 Å². The van der Waals surface area contributed by atoms with Gasteiger partial charge < -0.3 is 4.74 Å². The van der Waals surface area contributed by atoms with Crippen molar-refractivity contribution in [3.8, 4) is 5.75 Å². The standard InChI is InChI=1S/C25H23ClN2O2S2/c1-30-20-11-14-22-23(16-20)32-25(27-22)28(17-18-6-3-2-4-7-18)24(29)8-5-15-31-21-12-9-19(26)10-13-21/h2-4,6-7,9-14,16H,5,8,15,17H2,1H3. The number of nitrogens with zero attached hydrogens (tertiary/aromatic N) is 2. The maximum atomic E-state index is 13.2. The molecule has 0 aliphatic heterocycles. The van der Waals surface area contributed by atoms with E-state index in [1.165, 1.54) is 11.3 Å². The molecule has 0 saturated heterocycles. The van der Waals surface area contributed by atoms with Crippen molar-refractivity contribution < 1.29 is 9.53 Å². The zero-order valence-electron chi connectivity index (χ0n) is 17.7. The number of benzene rings is 3. The molecule has 0 N–H and O–H groups in total. The van der Waals surface area contributed by atoms with Gasteiger partial charge in [-0.25, -0.2) is 4.98 Å². The van der Waals surface area contributed by atoms with Crippen LogP contribution in [0, 0.1) is 0 Å². The molecule has 0 aliphatic rings. The van der Waals surface area contributed by atoms with E-state index in [9.17, 15) is 4.79 Å². The van der Waals surface area contributed by atoms with Gasteiger partial charge in [0.05, 0.1) is 23.9 Å². The SMILES string of the molecule is COc1ccc2nc(N(Cc3ccccc3)C(=O)CCCSc3ccc(Cl)cc3)sc2c1. The Balaban J connectivity index is 1.47. The molecule has 0 bridgehead atoms. The molecule has 0 fully saturated rings. The molecule has 0 radical (unpaired) electrons. The summed E-state index contributed by atoms with van der Waals surface area (Å²) in [5.41, 5.74) is 1.95. The highest BCUT2D eigenvalue weighted by Crippen LogP contribution is 2.33. The Bertz CT molecular complexity index is 1180. The molecule has 164 valence electrons. The number of rotatable bonds is 9. The normalized spacial score (nSPS) is 10.9. The first-order chi connectivity index (χ1) is 15.6. The maximum Gasteiger partial charge on any atom is 0.229 e. The summed E-state index contributed by atoms with van der Waals surface area (Å²) in [5.74, 6) is 1.73. The summed E-state index contributed by atoms with van der Waals surface area (Å²) in [7, 11) is 1.65. The van der Waals surface area contributed by atoms with E-state index in [1.54, 1.807) is 23.8 Å². The van der Waals surface area contributed by atoms with Gasteiger partial charge >= 0.3 is 0 Å². The van der Waals surface area contributed by atoms with Crippen LogP contribution in [0.25, 0.3) is 10.2 Å². The number of ether oxygens (including phenoxy) is 1. The van der Waals surface area contributed by atoms with Crippen LogP contribution in [0.3, 0.4) is 0 Å². The minimum Gasteiger partial charge on any atom is -0.497 e. The molecular weight excluding hydrogens is 460 g/mol. The van der Waals surface area contributed by atoms with Gasteiger partial charge in [-0.3, -0.25) is 9.69 Å². The molecule has 1 aromatic heterocycles. The van der Waals surface area contributed by atoms with E-state index in [-0.39, 0.29) is 5.91 Å². The fourth-order valence-electron chi connectivity index (χ4n) is 3.24. The highest BCUT2D eigenvalue weighted by molar-refractivity contribution is 7.99. The van der Waals surface area contributed by atoms with Crippen LogP contribution >= 0.6 is 34.7 Å². The highest BCUT2D eigenvalue weighted by Gasteiger charge is 2.20. The second kappa shape index (κ2) is 10.9. The molecular formula is C25H23ClN2O2S2. The molecule has 1 amide bonds. The third-order valence-corrected chi connectivity index (χ3v) is 7.31. The van der Waals surface area contributed by atoms with Gasteiger partial charge in [0.15, 0.2) is 5.13 Å². The Hall–Kier alpha value is -2.54. The lowest BCUT2D eigenvalue weighted by molar-refractivity contribution is -0.118. The Kier molecular flexibility index (Phi) is 7.68. The van der Waals surface area contributed by atoms with Gasteiger partial charge in [0.2, 0.25) is 5.91 Å². The first-order valence-electron chi connectivity index (χ1n) is 10.3. The molecule has 0 aliphatic carbocycles.